The predicted octanol–water partition coefficient (Wildman–Crippen LogP) is 3.27. The molecule has 0 fully saturated rings. The van der Waals surface area contributed by atoms with Gasteiger partial charge in [-0.1, -0.05) is 18.2 Å². The first-order valence-electron chi connectivity index (χ1n) is 5.88. The van der Waals surface area contributed by atoms with E-state index in [0.717, 1.165) is 22.0 Å². The lowest BCUT2D eigenvalue weighted by Gasteiger charge is -2.07. The highest BCUT2D eigenvalue weighted by Gasteiger charge is 2.11. The topological polar surface area (TPSA) is 43.1 Å². The molecule has 0 unspecified atom stereocenters. The fourth-order valence-electron chi connectivity index (χ4n) is 2.39. The van der Waals surface area contributed by atoms with Gasteiger partial charge in [-0.2, -0.15) is 0 Å². The third-order valence-electron chi connectivity index (χ3n) is 3.30. The third-order valence-corrected chi connectivity index (χ3v) is 3.30. The van der Waals surface area contributed by atoms with Crippen LogP contribution in [0.4, 0.5) is 0 Å². The van der Waals surface area contributed by atoms with Gasteiger partial charge in [0.1, 0.15) is 5.76 Å². The molecule has 0 saturated carbocycles. The molecule has 0 radical (unpaired) electrons. The molecule has 0 amide bonds. The molecule has 0 aliphatic rings. The van der Waals surface area contributed by atoms with Crippen molar-refractivity contribution in [3.05, 3.63) is 51.6 Å². The molecule has 3 aromatic rings. The molecule has 18 heavy (non-hydrogen) atoms. The Bertz CT molecular complexity index is 831. The molecule has 3 heteroatoms. The number of benzene rings is 1. The van der Waals surface area contributed by atoms with Gasteiger partial charge in [-0.05, 0) is 31.9 Å². The zero-order valence-electron chi connectivity index (χ0n) is 10.6. The van der Waals surface area contributed by atoms with Crippen LogP contribution >= 0.6 is 0 Å². The van der Waals surface area contributed by atoms with Crippen molar-refractivity contribution in [1.82, 2.24) is 4.98 Å². The Morgan fingerprint density at radius 3 is 2.72 bits per heavy atom. The normalized spacial score (nSPS) is 11.3. The molecular weight excluding hydrogens is 226 g/mol. The van der Waals surface area contributed by atoms with Crippen molar-refractivity contribution in [1.29, 1.82) is 0 Å². The zero-order valence-corrected chi connectivity index (χ0v) is 10.6. The molecule has 90 valence electrons. The first-order chi connectivity index (χ1) is 8.58. The van der Waals surface area contributed by atoms with Crippen LogP contribution in [0.2, 0.25) is 0 Å². The summed E-state index contributed by atoms with van der Waals surface area (Å²) in [4.78, 5) is 16.5. The predicted molar refractivity (Wildman–Crippen MR) is 72.0 cm³/mol. The van der Waals surface area contributed by atoms with Crippen LogP contribution in [0.15, 0.2) is 33.5 Å². The number of aromatic nitrogens is 1. The van der Waals surface area contributed by atoms with Crippen LogP contribution in [0.25, 0.3) is 21.8 Å². The molecule has 3 rings (SSSR count). The molecule has 0 spiro atoms. The van der Waals surface area contributed by atoms with Gasteiger partial charge in [0, 0.05) is 11.5 Å². The molecular formula is C15H13NO2. The second kappa shape index (κ2) is 3.67. The second-order valence-electron chi connectivity index (χ2n) is 4.61. The minimum atomic E-state index is -0.307. The number of fused-ring (bicyclic) bond motifs is 2. The SMILES string of the molecule is Cc1cc2nc3c(C)cccc3c(C)c2c(=O)o1. The van der Waals surface area contributed by atoms with Crippen LogP contribution < -0.4 is 5.63 Å². The van der Waals surface area contributed by atoms with Crippen molar-refractivity contribution >= 4 is 21.8 Å². The second-order valence-corrected chi connectivity index (χ2v) is 4.61. The maximum absolute atomic E-state index is 11.9. The lowest BCUT2D eigenvalue weighted by atomic mass is 10.0. The number of aryl methyl sites for hydroxylation is 3. The summed E-state index contributed by atoms with van der Waals surface area (Å²) in [6.07, 6.45) is 0. The summed E-state index contributed by atoms with van der Waals surface area (Å²) in [6, 6.07) is 7.81. The summed E-state index contributed by atoms with van der Waals surface area (Å²) in [5.41, 5.74) is 3.41. The Hall–Kier alpha value is -2.16. The number of hydrogen-bond acceptors (Lipinski definition) is 3. The quantitative estimate of drug-likeness (QED) is 0.565. The maximum atomic E-state index is 11.9. The molecule has 0 atom stereocenters. The first kappa shape index (κ1) is 11.0. The summed E-state index contributed by atoms with van der Waals surface area (Å²) < 4.78 is 5.15. The van der Waals surface area contributed by atoms with E-state index in [1.807, 2.05) is 38.1 Å². The van der Waals surface area contributed by atoms with Crippen LogP contribution in [0.1, 0.15) is 16.9 Å². The van der Waals surface area contributed by atoms with Crippen LogP contribution in [-0.2, 0) is 0 Å². The number of hydrogen-bond donors (Lipinski definition) is 0. The van der Waals surface area contributed by atoms with E-state index in [2.05, 4.69) is 4.98 Å². The molecule has 3 nitrogen and oxygen atoms in total. The van der Waals surface area contributed by atoms with Crippen molar-refractivity contribution < 1.29 is 4.42 Å². The molecule has 0 bridgehead atoms. The highest BCUT2D eigenvalue weighted by Crippen LogP contribution is 2.25. The summed E-state index contributed by atoms with van der Waals surface area (Å²) in [5, 5.41) is 1.59. The van der Waals surface area contributed by atoms with Crippen molar-refractivity contribution in [3.8, 4) is 0 Å². The van der Waals surface area contributed by atoms with Gasteiger partial charge in [-0.3, -0.25) is 0 Å². The smallest absolute Gasteiger partial charge is 0.345 e. The number of para-hydroxylation sites is 1. The van der Waals surface area contributed by atoms with Gasteiger partial charge < -0.3 is 4.42 Å². The van der Waals surface area contributed by atoms with E-state index in [9.17, 15) is 4.79 Å². The highest BCUT2D eigenvalue weighted by molar-refractivity contribution is 5.97. The Balaban J connectivity index is 2.65. The minimum absolute atomic E-state index is 0.307. The van der Waals surface area contributed by atoms with E-state index < -0.39 is 0 Å². The van der Waals surface area contributed by atoms with Gasteiger partial charge in [-0.15, -0.1) is 0 Å². The van der Waals surface area contributed by atoms with Crippen molar-refractivity contribution in [2.75, 3.05) is 0 Å². The van der Waals surface area contributed by atoms with E-state index in [4.69, 9.17) is 4.42 Å². The molecule has 2 heterocycles. The van der Waals surface area contributed by atoms with E-state index in [-0.39, 0.29) is 5.63 Å². The largest absolute Gasteiger partial charge is 0.428 e. The summed E-state index contributed by atoms with van der Waals surface area (Å²) >= 11 is 0. The van der Waals surface area contributed by atoms with Gasteiger partial charge >= 0.3 is 5.63 Å². The molecule has 2 aromatic heterocycles. The summed E-state index contributed by atoms with van der Waals surface area (Å²) in [5.74, 6) is 0.590. The summed E-state index contributed by atoms with van der Waals surface area (Å²) in [7, 11) is 0. The average molecular weight is 239 g/mol. The van der Waals surface area contributed by atoms with Gasteiger partial charge in [0.2, 0.25) is 0 Å². The molecule has 0 N–H and O–H groups in total. The van der Waals surface area contributed by atoms with Gasteiger partial charge in [0.25, 0.3) is 0 Å². The van der Waals surface area contributed by atoms with E-state index in [0.29, 0.717) is 16.7 Å². The Morgan fingerprint density at radius 2 is 1.94 bits per heavy atom. The standard InChI is InChI=1S/C15H13NO2/c1-8-5-4-6-11-10(3)13-12(16-14(8)11)7-9(2)18-15(13)17/h4-7H,1-3H3. The molecule has 0 aliphatic carbocycles. The zero-order chi connectivity index (χ0) is 12.9. The average Bonchev–Trinajstić information content (AvgIpc) is 2.30. The van der Waals surface area contributed by atoms with Crippen molar-refractivity contribution in [2.45, 2.75) is 20.8 Å². The van der Waals surface area contributed by atoms with Crippen LogP contribution in [0.5, 0.6) is 0 Å². The third kappa shape index (κ3) is 1.44. The first-order valence-corrected chi connectivity index (χ1v) is 5.88. The molecule has 1 aromatic carbocycles. The Morgan fingerprint density at radius 1 is 1.17 bits per heavy atom. The van der Waals surface area contributed by atoms with Gasteiger partial charge in [0.05, 0.1) is 16.4 Å². The van der Waals surface area contributed by atoms with E-state index in [1.165, 1.54) is 0 Å². The fraction of sp³-hybridized carbons (Fsp3) is 0.200. The van der Waals surface area contributed by atoms with Gasteiger partial charge in [0.15, 0.2) is 0 Å². The number of nitrogens with zero attached hydrogens (tertiary/aromatic N) is 1. The fourth-order valence-corrected chi connectivity index (χ4v) is 2.39. The van der Waals surface area contributed by atoms with Crippen molar-refractivity contribution in [3.63, 3.8) is 0 Å². The van der Waals surface area contributed by atoms with Gasteiger partial charge in [-0.25, -0.2) is 9.78 Å². The van der Waals surface area contributed by atoms with Crippen molar-refractivity contribution in [2.24, 2.45) is 0 Å². The Kier molecular flexibility index (Phi) is 2.23. The van der Waals surface area contributed by atoms with E-state index in [1.54, 1.807) is 6.92 Å². The number of rotatable bonds is 0. The van der Waals surface area contributed by atoms with E-state index >= 15 is 0 Å². The highest BCUT2D eigenvalue weighted by atomic mass is 16.4. The van der Waals surface area contributed by atoms with Crippen LogP contribution in [-0.4, -0.2) is 4.98 Å². The monoisotopic (exact) mass is 239 g/mol. The minimum Gasteiger partial charge on any atom is -0.428 e. The lowest BCUT2D eigenvalue weighted by Crippen LogP contribution is -2.04. The molecule has 0 saturated heterocycles. The maximum Gasteiger partial charge on any atom is 0.345 e. The Labute approximate surface area is 104 Å². The lowest BCUT2D eigenvalue weighted by molar-refractivity contribution is 0.488. The van der Waals surface area contributed by atoms with Crippen LogP contribution in [0, 0.1) is 20.8 Å². The molecule has 0 aliphatic heterocycles. The van der Waals surface area contributed by atoms with Crippen LogP contribution in [0.3, 0.4) is 0 Å². The number of pyridine rings is 1. The summed E-state index contributed by atoms with van der Waals surface area (Å²) in [6.45, 7) is 5.73.